The molecule has 0 spiro atoms. The van der Waals surface area contributed by atoms with Crippen LogP contribution in [0.25, 0.3) is 0 Å². The molecule has 0 aliphatic rings. The van der Waals surface area contributed by atoms with Gasteiger partial charge in [-0.05, 0) is 30.7 Å². The van der Waals surface area contributed by atoms with Gasteiger partial charge in [0.2, 0.25) is 0 Å². The van der Waals surface area contributed by atoms with Gasteiger partial charge in [-0.2, -0.15) is 0 Å². The van der Waals surface area contributed by atoms with Crippen molar-refractivity contribution in [2.24, 2.45) is 0 Å². The van der Waals surface area contributed by atoms with E-state index in [1.807, 2.05) is 0 Å². The predicted molar refractivity (Wildman–Crippen MR) is 64.3 cm³/mol. The molecule has 0 fully saturated rings. The lowest BCUT2D eigenvalue weighted by Crippen LogP contribution is -2.10. The van der Waals surface area contributed by atoms with Crippen molar-refractivity contribution in [1.82, 2.24) is 0 Å². The van der Waals surface area contributed by atoms with E-state index < -0.39 is 17.9 Å². The van der Waals surface area contributed by atoms with Crippen molar-refractivity contribution in [2.75, 3.05) is 20.8 Å². The van der Waals surface area contributed by atoms with E-state index in [1.54, 1.807) is 0 Å². The second kappa shape index (κ2) is 6.16. The van der Waals surface area contributed by atoms with Crippen molar-refractivity contribution in [3.8, 4) is 0 Å². The Morgan fingerprint density at radius 3 is 1.94 bits per heavy atom. The highest BCUT2D eigenvalue weighted by Gasteiger charge is 2.16. The van der Waals surface area contributed by atoms with Crippen LogP contribution in [-0.4, -0.2) is 37.9 Å². The Morgan fingerprint density at radius 2 is 1.61 bits per heavy atom. The van der Waals surface area contributed by atoms with Gasteiger partial charge in [-0.3, -0.25) is 0 Å². The third kappa shape index (κ3) is 3.07. The molecule has 1 unspecified atom stereocenters. The first-order valence-electron chi connectivity index (χ1n) is 5.29. The average molecular weight is 251 g/mol. The molecule has 1 N–H and O–H groups in total. The molecule has 0 aliphatic carbocycles. The van der Waals surface area contributed by atoms with E-state index in [1.165, 1.54) is 32.4 Å². The van der Waals surface area contributed by atoms with Gasteiger partial charge in [0, 0.05) is 12.5 Å². The summed E-state index contributed by atoms with van der Waals surface area (Å²) in [4.78, 5) is 23.0. The average Bonchev–Trinajstić information content (AvgIpc) is 2.43. The first kappa shape index (κ1) is 14.2. The Balaban J connectivity index is 3.28. The second-order valence-electron chi connectivity index (χ2n) is 3.71. The maximum absolute atomic E-state index is 11.5. The third-order valence-electron chi connectivity index (χ3n) is 2.49. The first-order chi connectivity index (χ1) is 8.53. The number of hydrogen-bond acceptors (Lipinski definition) is 5. The number of methoxy groups -OCH3 is 2. The Bertz CT molecular complexity index is 418. The summed E-state index contributed by atoms with van der Waals surface area (Å²) in [7, 11) is 2.50. The van der Waals surface area contributed by atoms with Gasteiger partial charge in [0.1, 0.15) is 0 Å². The predicted octanol–water partition coefficient (Wildman–Crippen LogP) is 1.17. The van der Waals surface area contributed by atoms with Crippen LogP contribution in [0, 0.1) is 6.92 Å². The van der Waals surface area contributed by atoms with Crippen LogP contribution in [0.2, 0.25) is 0 Å². The minimum atomic E-state index is -0.563. The van der Waals surface area contributed by atoms with Gasteiger partial charge < -0.3 is 14.6 Å². The van der Waals surface area contributed by atoms with Gasteiger partial charge in [-0.1, -0.05) is 0 Å². The quantitative estimate of drug-likeness (QED) is 0.813. The minimum Gasteiger partial charge on any atom is -0.465 e. The highest BCUT2D eigenvalue weighted by atomic mass is 16.5. The summed E-state index contributed by atoms with van der Waals surface area (Å²) in [6.45, 7) is 3.54. The monoisotopic (exact) mass is 251 g/mol. The number of benzene rings is 1. The summed E-state index contributed by atoms with van der Waals surface area (Å²) in [5, 5.41) is 9.07. The molecule has 0 heterocycles. The highest BCUT2D eigenvalue weighted by molar-refractivity contribution is 5.95. The van der Waals surface area contributed by atoms with Crippen molar-refractivity contribution in [3.63, 3.8) is 0 Å². The zero-order valence-corrected chi connectivity index (χ0v) is 10.3. The lowest BCUT2D eigenvalue weighted by Gasteiger charge is -2.11. The Hall–Kier alpha value is -1.88. The summed E-state index contributed by atoms with van der Waals surface area (Å²) in [5.74, 6) is -1.56. The molecule has 0 aromatic heterocycles. The zero-order valence-electron chi connectivity index (χ0n) is 10.3. The van der Waals surface area contributed by atoms with E-state index in [4.69, 9.17) is 5.11 Å². The van der Waals surface area contributed by atoms with E-state index in [0.717, 1.165) is 0 Å². The smallest absolute Gasteiger partial charge is 0.337 e. The third-order valence-corrected chi connectivity index (χ3v) is 2.49. The fourth-order valence-corrected chi connectivity index (χ4v) is 1.46. The Kier molecular flexibility index (Phi) is 4.85. The largest absolute Gasteiger partial charge is 0.465 e. The molecule has 0 saturated heterocycles. The van der Waals surface area contributed by atoms with Crippen LogP contribution in [-0.2, 0) is 9.47 Å². The van der Waals surface area contributed by atoms with E-state index in [0.29, 0.717) is 5.56 Å². The van der Waals surface area contributed by atoms with Gasteiger partial charge in [0.05, 0.1) is 25.3 Å². The molecule has 1 aromatic rings. The summed E-state index contributed by atoms with van der Waals surface area (Å²) in [6, 6.07) is 4.45. The van der Waals surface area contributed by atoms with Crippen LogP contribution in [0.5, 0.6) is 0 Å². The Labute approximate surface area is 105 Å². The van der Waals surface area contributed by atoms with Crippen molar-refractivity contribution in [2.45, 2.75) is 5.92 Å². The molecule has 1 rings (SSSR count). The normalized spacial score (nSPS) is 11.8. The minimum absolute atomic E-state index is 0.189. The summed E-state index contributed by atoms with van der Waals surface area (Å²) in [6.07, 6.45) is 0. The molecule has 0 aliphatic heterocycles. The number of carbonyl (C=O) groups excluding carboxylic acids is 2. The number of aliphatic hydroxyl groups is 1. The first-order valence-corrected chi connectivity index (χ1v) is 5.29. The maximum Gasteiger partial charge on any atom is 0.337 e. The fourth-order valence-electron chi connectivity index (χ4n) is 1.46. The molecule has 0 bridgehead atoms. The van der Waals surface area contributed by atoms with Crippen LogP contribution in [0.15, 0.2) is 18.2 Å². The van der Waals surface area contributed by atoms with Crippen LogP contribution < -0.4 is 0 Å². The second-order valence-corrected chi connectivity index (χ2v) is 3.71. The van der Waals surface area contributed by atoms with Crippen molar-refractivity contribution < 1.29 is 24.2 Å². The number of ether oxygens (including phenoxy) is 2. The topological polar surface area (TPSA) is 72.8 Å². The van der Waals surface area contributed by atoms with E-state index in [9.17, 15) is 9.59 Å². The van der Waals surface area contributed by atoms with Crippen LogP contribution in [0.3, 0.4) is 0 Å². The summed E-state index contributed by atoms with van der Waals surface area (Å²) >= 11 is 0. The lowest BCUT2D eigenvalue weighted by molar-refractivity contribution is 0.0599. The van der Waals surface area contributed by atoms with Gasteiger partial charge in [-0.25, -0.2) is 9.59 Å². The molecule has 18 heavy (non-hydrogen) atoms. The van der Waals surface area contributed by atoms with E-state index in [-0.39, 0.29) is 17.7 Å². The van der Waals surface area contributed by atoms with Gasteiger partial charge in [-0.15, -0.1) is 0 Å². The lowest BCUT2D eigenvalue weighted by atomic mass is 9.97. The molecule has 1 radical (unpaired) electrons. The van der Waals surface area contributed by atoms with Crippen molar-refractivity contribution in [3.05, 3.63) is 41.8 Å². The molecule has 97 valence electrons. The summed E-state index contributed by atoms with van der Waals surface area (Å²) in [5.41, 5.74) is 1.01. The van der Waals surface area contributed by atoms with Gasteiger partial charge in [0.15, 0.2) is 0 Å². The highest BCUT2D eigenvalue weighted by Crippen LogP contribution is 2.19. The number of hydrogen-bond donors (Lipinski definition) is 1. The van der Waals surface area contributed by atoms with Crippen molar-refractivity contribution >= 4 is 11.9 Å². The molecule has 5 nitrogen and oxygen atoms in total. The molecular weight excluding hydrogens is 236 g/mol. The number of esters is 2. The molecule has 0 saturated carbocycles. The van der Waals surface area contributed by atoms with Crippen molar-refractivity contribution in [1.29, 1.82) is 0 Å². The summed E-state index contributed by atoms with van der Waals surface area (Å²) < 4.78 is 9.20. The molecular formula is C13H15O5. The SMILES string of the molecule is [CH2]C(CO)c1cc(C(=O)OC)cc(C(=O)OC)c1. The van der Waals surface area contributed by atoms with Crippen LogP contribution in [0.1, 0.15) is 32.2 Å². The number of rotatable bonds is 4. The van der Waals surface area contributed by atoms with Gasteiger partial charge >= 0.3 is 11.9 Å². The number of carbonyl (C=O) groups is 2. The Morgan fingerprint density at radius 1 is 1.17 bits per heavy atom. The molecule has 1 aromatic carbocycles. The molecule has 1 atom stereocenters. The number of aliphatic hydroxyl groups excluding tert-OH is 1. The van der Waals surface area contributed by atoms with Crippen LogP contribution in [0.4, 0.5) is 0 Å². The molecule has 0 amide bonds. The maximum atomic E-state index is 11.5. The van der Waals surface area contributed by atoms with Gasteiger partial charge in [0.25, 0.3) is 0 Å². The standard InChI is InChI=1S/C13H15O5/c1-8(7-14)9-4-10(12(15)17-2)6-11(5-9)13(16)18-3/h4-6,8,14H,1,7H2,2-3H3. The van der Waals surface area contributed by atoms with E-state index >= 15 is 0 Å². The van der Waals surface area contributed by atoms with E-state index in [2.05, 4.69) is 16.4 Å². The van der Waals surface area contributed by atoms with Crippen LogP contribution >= 0.6 is 0 Å². The fraction of sp³-hybridized carbons (Fsp3) is 0.308. The molecule has 5 heteroatoms. The zero-order chi connectivity index (χ0) is 13.7.